The van der Waals surface area contributed by atoms with Crippen LogP contribution in [0.3, 0.4) is 0 Å². The summed E-state index contributed by atoms with van der Waals surface area (Å²) in [4.78, 5) is 0. The summed E-state index contributed by atoms with van der Waals surface area (Å²) < 4.78 is 11.3. The van der Waals surface area contributed by atoms with Crippen LogP contribution in [0.4, 0.5) is 0 Å². The summed E-state index contributed by atoms with van der Waals surface area (Å²) in [5.74, 6) is 0. The van der Waals surface area contributed by atoms with Crippen molar-refractivity contribution < 1.29 is 9.47 Å². The molecule has 3 heteroatoms. The Balaban J connectivity index is 3.40. The lowest BCUT2D eigenvalue weighted by molar-refractivity contribution is -0.0222. The van der Waals surface area contributed by atoms with Crippen molar-refractivity contribution in [1.82, 2.24) is 0 Å². The molecule has 0 unspecified atom stereocenters. The Hall–Kier alpha value is 0.137. The summed E-state index contributed by atoms with van der Waals surface area (Å²) in [6.45, 7) is 16.1. The van der Waals surface area contributed by atoms with E-state index in [-0.39, 0.29) is 5.60 Å². The lowest BCUT2D eigenvalue weighted by atomic mass is 10.0. The van der Waals surface area contributed by atoms with E-state index in [1.165, 1.54) is 6.04 Å². The molecule has 0 amide bonds. The van der Waals surface area contributed by atoms with Gasteiger partial charge in [-0.1, -0.05) is 19.6 Å². The summed E-state index contributed by atoms with van der Waals surface area (Å²) in [7, 11) is -0.916. The SMILES string of the molecule is CCOC(C)(C)CCCOCC[Si](C)(C)C. The van der Waals surface area contributed by atoms with E-state index in [1.807, 2.05) is 6.92 Å². The molecular formula is C13H30O2Si. The Labute approximate surface area is 103 Å². The number of ether oxygens (including phenoxy) is 2. The molecule has 0 N–H and O–H groups in total. The van der Waals surface area contributed by atoms with Crippen molar-refractivity contribution in [2.75, 3.05) is 19.8 Å². The predicted octanol–water partition coefficient (Wildman–Crippen LogP) is 3.94. The Bertz CT molecular complexity index is 173. The van der Waals surface area contributed by atoms with E-state index in [0.717, 1.165) is 32.7 Å². The molecule has 0 aromatic heterocycles. The molecule has 0 bridgehead atoms. The summed E-state index contributed by atoms with van der Waals surface area (Å²) >= 11 is 0. The second kappa shape index (κ2) is 7.46. The second-order valence-corrected chi connectivity index (χ2v) is 11.8. The highest BCUT2D eigenvalue weighted by atomic mass is 28.3. The second-order valence-electron chi connectivity index (χ2n) is 6.22. The van der Waals surface area contributed by atoms with Crippen molar-refractivity contribution in [3.8, 4) is 0 Å². The third-order valence-corrected chi connectivity index (χ3v) is 4.30. The lowest BCUT2D eigenvalue weighted by Crippen LogP contribution is -2.25. The molecule has 0 aliphatic carbocycles. The topological polar surface area (TPSA) is 18.5 Å². The van der Waals surface area contributed by atoms with E-state index in [2.05, 4.69) is 33.5 Å². The maximum absolute atomic E-state index is 5.66. The molecule has 0 rings (SSSR count). The van der Waals surface area contributed by atoms with Crippen LogP contribution in [0.15, 0.2) is 0 Å². The molecule has 0 aromatic rings. The van der Waals surface area contributed by atoms with Crippen LogP contribution in [0.5, 0.6) is 0 Å². The van der Waals surface area contributed by atoms with Gasteiger partial charge >= 0.3 is 0 Å². The molecule has 0 heterocycles. The van der Waals surface area contributed by atoms with Crippen LogP contribution in [0.2, 0.25) is 25.7 Å². The zero-order chi connectivity index (χ0) is 12.7. The third kappa shape index (κ3) is 10.6. The first kappa shape index (κ1) is 16.1. The van der Waals surface area contributed by atoms with Gasteiger partial charge in [-0.2, -0.15) is 0 Å². The van der Waals surface area contributed by atoms with Crippen molar-refractivity contribution in [3.63, 3.8) is 0 Å². The first-order valence-electron chi connectivity index (χ1n) is 6.48. The van der Waals surface area contributed by atoms with Gasteiger partial charge in [0.1, 0.15) is 0 Å². The fourth-order valence-electron chi connectivity index (χ4n) is 1.54. The van der Waals surface area contributed by atoms with Crippen LogP contribution in [0.25, 0.3) is 0 Å². The lowest BCUT2D eigenvalue weighted by Gasteiger charge is -2.24. The Morgan fingerprint density at radius 3 is 2.19 bits per heavy atom. The molecule has 98 valence electrons. The van der Waals surface area contributed by atoms with Gasteiger partial charge in [-0.3, -0.25) is 0 Å². The van der Waals surface area contributed by atoms with Crippen LogP contribution in [-0.2, 0) is 9.47 Å². The van der Waals surface area contributed by atoms with Gasteiger partial charge in [0.05, 0.1) is 5.60 Å². The molecule has 0 saturated heterocycles. The van der Waals surface area contributed by atoms with Gasteiger partial charge in [-0.25, -0.2) is 0 Å². The van der Waals surface area contributed by atoms with Crippen LogP contribution in [-0.4, -0.2) is 33.5 Å². The van der Waals surface area contributed by atoms with Crippen molar-refractivity contribution in [2.24, 2.45) is 0 Å². The van der Waals surface area contributed by atoms with Crippen LogP contribution >= 0.6 is 0 Å². The molecule has 0 aromatic carbocycles. The third-order valence-electron chi connectivity index (χ3n) is 2.60. The minimum atomic E-state index is -0.916. The molecular weight excluding hydrogens is 216 g/mol. The van der Waals surface area contributed by atoms with Crippen LogP contribution < -0.4 is 0 Å². The van der Waals surface area contributed by atoms with Crippen LogP contribution in [0, 0.1) is 0 Å². The van der Waals surface area contributed by atoms with Gasteiger partial charge in [-0.05, 0) is 39.7 Å². The fraction of sp³-hybridized carbons (Fsp3) is 1.00. The molecule has 0 aliphatic heterocycles. The first-order chi connectivity index (χ1) is 7.27. The van der Waals surface area contributed by atoms with Crippen molar-refractivity contribution in [3.05, 3.63) is 0 Å². The van der Waals surface area contributed by atoms with E-state index in [1.54, 1.807) is 0 Å². The highest BCUT2D eigenvalue weighted by Gasteiger charge is 2.16. The molecule has 0 atom stereocenters. The van der Waals surface area contributed by atoms with Crippen molar-refractivity contribution in [2.45, 2.75) is 64.9 Å². The largest absolute Gasteiger partial charge is 0.382 e. The Morgan fingerprint density at radius 2 is 1.69 bits per heavy atom. The smallest absolute Gasteiger partial charge is 0.0627 e. The summed E-state index contributed by atoms with van der Waals surface area (Å²) in [5.41, 5.74) is 0.0108. The van der Waals surface area contributed by atoms with Gasteiger partial charge in [0, 0.05) is 27.9 Å². The number of hydrogen-bond donors (Lipinski definition) is 0. The minimum absolute atomic E-state index is 0.0108. The Morgan fingerprint density at radius 1 is 1.06 bits per heavy atom. The van der Waals surface area contributed by atoms with Gasteiger partial charge in [0.2, 0.25) is 0 Å². The van der Waals surface area contributed by atoms with E-state index < -0.39 is 8.07 Å². The average Bonchev–Trinajstić information content (AvgIpc) is 2.09. The van der Waals surface area contributed by atoms with E-state index in [4.69, 9.17) is 9.47 Å². The zero-order valence-electron chi connectivity index (χ0n) is 12.1. The molecule has 2 nitrogen and oxygen atoms in total. The van der Waals surface area contributed by atoms with E-state index >= 15 is 0 Å². The maximum atomic E-state index is 5.66. The highest BCUT2D eigenvalue weighted by molar-refractivity contribution is 6.76. The fourth-order valence-corrected chi connectivity index (χ4v) is 2.30. The maximum Gasteiger partial charge on any atom is 0.0627 e. The molecule has 0 spiro atoms. The predicted molar refractivity (Wildman–Crippen MR) is 73.9 cm³/mol. The Kier molecular flexibility index (Phi) is 7.52. The average molecular weight is 246 g/mol. The minimum Gasteiger partial charge on any atom is -0.382 e. The first-order valence-corrected chi connectivity index (χ1v) is 10.2. The summed E-state index contributed by atoms with van der Waals surface area (Å²) in [6, 6.07) is 1.27. The molecule has 16 heavy (non-hydrogen) atoms. The zero-order valence-corrected chi connectivity index (χ0v) is 13.1. The molecule has 0 radical (unpaired) electrons. The van der Waals surface area contributed by atoms with Crippen molar-refractivity contribution in [1.29, 1.82) is 0 Å². The molecule has 0 fully saturated rings. The molecule has 0 saturated carbocycles. The molecule has 0 aliphatic rings. The van der Waals surface area contributed by atoms with Gasteiger partial charge in [-0.15, -0.1) is 0 Å². The van der Waals surface area contributed by atoms with Crippen LogP contribution in [0.1, 0.15) is 33.6 Å². The monoisotopic (exact) mass is 246 g/mol. The standard InChI is InChI=1S/C13H30O2Si/c1-7-15-13(2,3)9-8-10-14-11-12-16(4,5)6/h7-12H2,1-6H3. The quantitative estimate of drug-likeness (QED) is 0.453. The van der Waals surface area contributed by atoms with Gasteiger partial charge in [0.15, 0.2) is 0 Å². The van der Waals surface area contributed by atoms with E-state index in [9.17, 15) is 0 Å². The number of hydrogen-bond acceptors (Lipinski definition) is 2. The normalized spacial score (nSPS) is 13.1. The van der Waals surface area contributed by atoms with Gasteiger partial charge < -0.3 is 9.47 Å². The number of rotatable bonds is 9. The summed E-state index contributed by atoms with van der Waals surface area (Å²) in [5, 5.41) is 0. The van der Waals surface area contributed by atoms with Crippen molar-refractivity contribution >= 4 is 8.07 Å². The highest BCUT2D eigenvalue weighted by Crippen LogP contribution is 2.16. The summed E-state index contributed by atoms with van der Waals surface area (Å²) in [6.07, 6.45) is 2.17. The van der Waals surface area contributed by atoms with Gasteiger partial charge in [0.25, 0.3) is 0 Å². The van der Waals surface area contributed by atoms with E-state index in [0.29, 0.717) is 0 Å².